The van der Waals surface area contributed by atoms with E-state index in [0.717, 1.165) is 0 Å². The number of phenols is 1. The fourth-order valence-electron chi connectivity index (χ4n) is 3.96. The van der Waals surface area contributed by atoms with Gasteiger partial charge in [-0.1, -0.05) is 39.0 Å². The number of nitrogens with one attached hydrogen (secondary N) is 2. The number of para-hydroxylation sites is 1. The van der Waals surface area contributed by atoms with E-state index in [0.29, 0.717) is 12.0 Å². The molecule has 1 rings (SSSR count). The fourth-order valence-corrected chi connectivity index (χ4v) is 3.96. The van der Waals surface area contributed by atoms with Crippen molar-refractivity contribution in [2.75, 3.05) is 13.2 Å². The molecule has 10 heteroatoms. The molecule has 0 radical (unpaired) electrons. The quantitative estimate of drug-likeness (QED) is 0.330. The minimum Gasteiger partial charge on any atom is -0.507 e. The molecule has 10 nitrogen and oxygen atoms in total. The number of hydrogen-bond donors (Lipinski definition) is 3. The Hall–Kier alpha value is -3.30. The molecule has 39 heavy (non-hydrogen) atoms. The van der Waals surface area contributed by atoms with Crippen molar-refractivity contribution in [3.8, 4) is 5.75 Å². The molecule has 0 fully saturated rings. The van der Waals surface area contributed by atoms with E-state index in [1.165, 1.54) is 4.90 Å². The average molecular weight is 550 g/mol. The molecule has 220 valence electrons. The molecule has 3 N–H and O–H groups in total. The number of aryl methyl sites for hydroxylation is 1. The molecule has 2 atom stereocenters. The van der Waals surface area contributed by atoms with Crippen LogP contribution in [0.25, 0.3) is 0 Å². The van der Waals surface area contributed by atoms with Gasteiger partial charge in [0.15, 0.2) is 0 Å². The number of carbonyl (C=O) groups excluding carboxylic acids is 4. The summed E-state index contributed by atoms with van der Waals surface area (Å²) in [7, 11) is 0. The first-order valence-corrected chi connectivity index (χ1v) is 13.5. The molecule has 3 amide bonds. The van der Waals surface area contributed by atoms with Crippen molar-refractivity contribution in [1.29, 1.82) is 0 Å². The third-order valence-corrected chi connectivity index (χ3v) is 6.36. The topological polar surface area (TPSA) is 134 Å². The molecular formula is C29H47N3O7. The predicted molar refractivity (Wildman–Crippen MR) is 149 cm³/mol. The minimum atomic E-state index is -1.25. The summed E-state index contributed by atoms with van der Waals surface area (Å²) >= 11 is 0. The lowest BCUT2D eigenvalue weighted by molar-refractivity contribution is -0.150. The summed E-state index contributed by atoms with van der Waals surface area (Å²) in [4.78, 5) is 54.0. The third kappa shape index (κ3) is 9.75. The van der Waals surface area contributed by atoms with Gasteiger partial charge in [0.1, 0.15) is 23.4 Å². The lowest BCUT2D eigenvalue weighted by Crippen LogP contribution is -2.60. The molecule has 0 heterocycles. The number of phenolic OH excluding ortho intramolecular Hbond substituents is 1. The molecule has 1 aromatic carbocycles. The van der Waals surface area contributed by atoms with Crippen molar-refractivity contribution in [2.45, 2.75) is 105 Å². The molecular weight excluding hydrogens is 502 g/mol. The summed E-state index contributed by atoms with van der Waals surface area (Å²) < 4.78 is 10.3. The smallest absolute Gasteiger partial charge is 0.408 e. The van der Waals surface area contributed by atoms with Gasteiger partial charge in [-0.2, -0.15) is 0 Å². The van der Waals surface area contributed by atoms with Crippen LogP contribution < -0.4 is 10.6 Å². The predicted octanol–water partition coefficient (Wildman–Crippen LogP) is 4.38. The Labute approximate surface area is 232 Å². The molecule has 0 bridgehead atoms. The Morgan fingerprint density at radius 3 is 2.18 bits per heavy atom. The van der Waals surface area contributed by atoms with Crippen LogP contribution in [0.3, 0.4) is 0 Å². The lowest BCUT2D eigenvalue weighted by Gasteiger charge is -2.45. The summed E-state index contributed by atoms with van der Waals surface area (Å²) in [6.07, 6.45) is -0.334. The second-order valence-corrected chi connectivity index (χ2v) is 11.5. The second-order valence-electron chi connectivity index (χ2n) is 11.5. The van der Waals surface area contributed by atoms with Crippen LogP contribution in [0.2, 0.25) is 0 Å². The minimum absolute atomic E-state index is 0.0148. The molecule has 2 unspecified atom stereocenters. The van der Waals surface area contributed by atoms with Crippen molar-refractivity contribution in [2.24, 2.45) is 5.92 Å². The van der Waals surface area contributed by atoms with Gasteiger partial charge < -0.3 is 30.1 Å². The zero-order chi connectivity index (χ0) is 30.1. The Kier molecular flexibility index (Phi) is 12.3. The van der Waals surface area contributed by atoms with Crippen LogP contribution >= 0.6 is 0 Å². The summed E-state index contributed by atoms with van der Waals surface area (Å²) in [6, 6.07) is 2.72. The highest BCUT2D eigenvalue weighted by molar-refractivity contribution is 5.93. The molecule has 0 spiro atoms. The molecule has 0 aliphatic carbocycles. The maximum absolute atomic E-state index is 14.3. The van der Waals surface area contributed by atoms with Gasteiger partial charge in [0.05, 0.1) is 13.0 Å². The van der Waals surface area contributed by atoms with Gasteiger partial charge in [-0.3, -0.25) is 14.4 Å². The van der Waals surface area contributed by atoms with Crippen LogP contribution in [-0.2, 0) is 23.9 Å². The highest BCUT2D eigenvalue weighted by atomic mass is 16.6. The largest absolute Gasteiger partial charge is 0.507 e. The number of benzene rings is 1. The first kappa shape index (κ1) is 33.7. The molecule has 1 aromatic rings. The van der Waals surface area contributed by atoms with Crippen molar-refractivity contribution in [3.63, 3.8) is 0 Å². The van der Waals surface area contributed by atoms with Crippen LogP contribution in [0.1, 0.15) is 92.3 Å². The maximum Gasteiger partial charge on any atom is 0.408 e. The van der Waals surface area contributed by atoms with E-state index in [1.807, 2.05) is 20.8 Å². The van der Waals surface area contributed by atoms with Gasteiger partial charge in [-0.05, 0) is 66.4 Å². The van der Waals surface area contributed by atoms with E-state index in [9.17, 15) is 24.3 Å². The molecule has 0 aliphatic heterocycles. The van der Waals surface area contributed by atoms with Crippen LogP contribution in [0.5, 0.6) is 5.75 Å². The van der Waals surface area contributed by atoms with E-state index >= 15 is 0 Å². The van der Waals surface area contributed by atoms with Crippen LogP contribution in [0.15, 0.2) is 18.2 Å². The van der Waals surface area contributed by atoms with E-state index in [2.05, 4.69) is 10.6 Å². The highest BCUT2D eigenvalue weighted by Gasteiger charge is 2.44. The molecule has 0 saturated heterocycles. The van der Waals surface area contributed by atoms with Crippen LogP contribution in [-0.4, -0.2) is 64.2 Å². The number of aromatic hydroxyl groups is 1. The van der Waals surface area contributed by atoms with Crippen LogP contribution in [0.4, 0.5) is 4.79 Å². The number of carbonyl (C=O) groups is 4. The SMILES string of the molecule is CCOC(=O)CCNC(=O)C(c1cccc(C)c1O)N(C(=O)C(NC(=O)OC(C)(C)C)C(C)C)C(C)(C)CC. The van der Waals surface area contributed by atoms with E-state index in [4.69, 9.17) is 9.47 Å². The van der Waals surface area contributed by atoms with Gasteiger partial charge in [-0.15, -0.1) is 0 Å². The number of esters is 1. The van der Waals surface area contributed by atoms with E-state index < -0.39 is 47.1 Å². The summed E-state index contributed by atoms with van der Waals surface area (Å²) in [5.74, 6) is -2.01. The van der Waals surface area contributed by atoms with Crippen molar-refractivity contribution in [3.05, 3.63) is 29.3 Å². The monoisotopic (exact) mass is 549 g/mol. The Balaban J connectivity index is 3.62. The second kappa shape index (κ2) is 14.2. The summed E-state index contributed by atoms with van der Waals surface area (Å²) in [5, 5.41) is 16.4. The van der Waals surface area contributed by atoms with Crippen LogP contribution in [0, 0.1) is 12.8 Å². The van der Waals surface area contributed by atoms with Gasteiger partial charge >= 0.3 is 12.1 Å². The zero-order valence-corrected chi connectivity index (χ0v) is 25.1. The van der Waals surface area contributed by atoms with Gasteiger partial charge in [0, 0.05) is 17.6 Å². The maximum atomic E-state index is 14.3. The molecule has 0 saturated carbocycles. The van der Waals surface area contributed by atoms with Gasteiger partial charge in [0.2, 0.25) is 11.8 Å². The Morgan fingerprint density at radius 2 is 1.67 bits per heavy atom. The zero-order valence-electron chi connectivity index (χ0n) is 25.1. The van der Waals surface area contributed by atoms with Gasteiger partial charge in [0.25, 0.3) is 0 Å². The number of nitrogens with zero attached hydrogens (tertiary/aromatic N) is 1. The summed E-state index contributed by atoms with van der Waals surface area (Å²) in [6.45, 7) is 17.9. The lowest BCUT2D eigenvalue weighted by atomic mass is 9.89. The first-order valence-electron chi connectivity index (χ1n) is 13.5. The van der Waals surface area contributed by atoms with Crippen molar-refractivity contribution < 1.29 is 33.8 Å². The number of alkyl carbamates (subject to hydrolysis) is 1. The molecule has 0 aliphatic rings. The van der Waals surface area contributed by atoms with E-state index in [-0.39, 0.29) is 36.8 Å². The van der Waals surface area contributed by atoms with Gasteiger partial charge in [-0.25, -0.2) is 4.79 Å². The normalized spacial score (nSPS) is 13.3. The highest BCUT2D eigenvalue weighted by Crippen LogP contribution is 2.37. The first-order chi connectivity index (χ1) is 18.0. The number of amides is 3. The number of ether oxygens (including phenoxy) is 2. The number of hydrogen-bond acceptors (Lipinski definition) is 7. The third-order valence-electron chi connectivity index (χ3n) is 6.36. The average Bonchev–Trinajstić information content (AvgIpc) is 2.81. The number of rotatable bonds is 12. The Morgan fingerprint density at radius 1 is 1.05 bits per heavy atom. The molecule has 0 aromatic heterocycles. The standard InChI is InChI=1S/C29H47N3O7/c1-11-29(9,10)32(26(36)22(18(3)4)31-27(37)39-28(6,7)8)23(20-15-13-14-19(5)24(20)34)25(35)30-17-16-21(33)38-12-2/h13-15,18,22-23,34H,11-12,16-17H2,1-10H3,(H,30,35)(H,31,37). The fraction of sp³-hybridized carbons (Fsp3) is 0.655. The van der Waals surface area contributed by atoms with Crippen molar-refractivity contribution in [1.82, 2.24) is 15.5 Å². The van der Waals surface area contributed by atoms with E-state index in [1.54, 1.807) is 66.7 Å². The van der Waals surface area contributed by atoms with Crippen molar-refractivity contribution >= 4 is 23.9 Å². The Bertz CT molecular complexity index is 1010. The summed E-state index contributed by atoms with van der Waals surface area (Å²) in [5.41, 5.74) is -0.880.